The van der Waals surface area contributed by atoms with Crippen LogP contribution in [-0.2, 0) is 6.54 Å². The highest BCUT2D eigenvalue weighted by atomic mass is 16.2. The van der Waals surface area contributed by atoms with E-state index in [-0.39, 0.29) is 5.91 Å². The lowest BCUT2D eigenvalue weighted by Crippen LogP contribution is -2.25. The number of nitrogens with one attached hydrogen (secondary N) is 1. The molecule has 0 bridgehead atoms. The van der Waals surface area contributed by atoms with E-state index in [2.05, 4.69) is 37.4 Å². The number of aromatic nitrogens is 2. The zero-order valence-electron chi connectivity index (χ0n) is 17.5. The standard InChI is InChI=1S/C26H25N3O/c1-18-8-7-11-23(14-18)29-25(26(30)27-17-21-9-5-4-6-10-21)16-24(28-29)22-13-12-19(2)20(3)15-22/h4-16H,17H2,1-3H3,(H,27,30). The minimum absolute atomic E-state index is 0.150. The van der Waals surface area contributed by atoms with Crippen LogP contribution in [0.2, 0.25) is 0 Å². The molecule has 1 N–H and O–H groups in total. The molecule has 4 rings (SSSR count). The molecule has 0 aliphatic heterocycles. The zero-order valence-corrected chi connectivity index (χ0v) is 17.5. The van der Waals surface area contributed by atoms with Crippen molar-refractivity contribution in [1.82, 2.24) is 15.1 Å². The number of carbonyl (C=O) groups is 1. The first-order chi connectivity index (χ1) is 14.5. The predicted molar refractivity (Wildman–Crippen MR) is 121 cm³/mol. The summed E-state index contributed by atoms with van der Waals surface area (Å²) in [6, 6.07) is 26.0. The summed E-state index contributed by atoms with van der Waals surface area (Å²) in [5, 5.41) is 7.82. The highest BCUT2D eigenvalue weighted by molar-refractivity contribution is 5.94. The Kier molecular flexibility index (Phi) is 5.48. The first kappa shape index (κ1) is 19.6. The molecule has 0 unspecified atom stereocenters. The Bertz CT molecular complexity index is 1190. The molecule has 0 saturated carbocycles. The van der Waals surface area contributed by atoms with Crippen molar-refractivity contribution in [2.24, 2.45) is 0 Å². The first-order valence-electron chi connectivity index (χ1n) is 10.1. The third-order valence-electron chi connectivity index (χ3n) is 5.29. The third kappa shape index (κ3) is 4.18. The summed E-state index contributed by atoms with van der Waals surface area (Å²) in [6.07, 6.45) is 0. The number of rotatable bonds is 5. The summed E-state index contributed by atoms with van der Waals surface area (Å²) < 4.78 is 1.73. The molecule has 4 heteroatoms. The van der Waals surface area contributed by atoms with Crippen LogP contribution in [0.1, 0.15) is 32.7 Å². The molecular weight excluding hydrogens is 370 g/mol. The second kappa shape index (κ2) is 8.37. The average Bonchev–Trinajstić information content (AvgIpc) is 3.20. The van der Waals surface area contributed by atoms with Crippen molar-refractivity contribution in [2.75, 3.05) is 0 Å². The number of hydrogen-bond donors (Lipinski definition) is 1. The van der Waals surface area contributed by atoms with Crippen LogP contribution < -0.4 is 5.32 Å². The van der Waals surface area contributed by atoms with Gasteiger partial charge in [-0.25, -0.2) is 4.68 Å². The van der Waals surface area contributed by atoms with E-state index in [0.29, 0.717) is 12.2 Å². The van der Waals surface area contributed by atoms with Crippen molar-refractivity contribution < 1.29 is 4.79 Å². The summed E-state index contributed by atoms with van der Waals surface area (Å²) in [4.78, 5) is 13.1. The van der Waals surface area contributed by atoms with Crippen LogP contribution in [0.3, 0.4) is 0 Å². The van der Waals surface area contributed by atoms with Gasteiger partial charge in [-0.05, 0) is 67.3 Å². The fraction of sp³-hybridized carbons (Fsp3) is 0.154. The van der Waals surface area contributed by atoms with E-state index in [1.807, 2.05) is 67.6 Å². The highest BCUT2D eigenvalue weighted by Crippen LogP contribution is 2.24. The SMILES string of the molecule is Cc1cccc(-n2nc(-c3ccc(C)c(C)c3)cc2C(=O)NCc2ccccc2)c1. The molecule has 3 aromatic carbocycles. The molecular formula is C26H25N3O. The highest BCUT2D eigenvalue weighted by Gasteiger charge is 2.18. The largest absolute Gasteiger partial charge is 0.347 e. The summed E-state index contributed by atoms with van der Waals surface area (Å²) in [7, 11) is 0. The topological polar surface area (TPSA) is 46.9 Å². The van der Waals surface area contributed by atoms with Gasteiger partial charge in [0.25, 0.3) is 5.91 Å². The van der Waals surface area contributed by atoms with Crippen LogP contribution in [0.4, 0.5) is 0 Å². The number of nitrogens with zero attached hydrogens (tertiary/aromatic N) is 2. The number of hydrogen-bond acceptors (Lipinski definition) is 2. The molecule has 1 aromatic heterocycles. The van der Waals surface area contributed by atoms with E-state index in [0.717, 1.165) is 28.1 Å². The Balaban J connectivity index is 1.72. The quantitative estimate of drug-likeness (QED) is 0.492. The summed E-state index contributed by atoms with van der Waals surface area (Å²) in [5.41, 5.74) is 7.78. The fourth-order valence-electron chi connectivity index (χ4n) is 3.41. The van der Waals surface area contributed by atoms with E-state index >= 15 is 0 Å². The number of carbonyl (C=O) groups excluding carboxylic acids is 1. The van der Waals surface area contributed by atoms with Gasteiger partial charge in [-0.3, -0.25) is 4.79 Å². The van der Waals surface area contributed by atoms with Gasteiger partial charge in [0.15, 0.2) is 0 Å². The van der Waals surface area contributed by atoms with Crippen molar-refractivity contribution >= 4 is 5.91 Å². The minimum atomic E-state index is -0.150. The van der Waals surface area contributed by atoms with Crippen LogP contribution in [0.15, 0.2) is 78.9 Å². The Hall–Kier alpha value is -3.66. The Labute approximate surface area is 177 Å². The van der Waals surface area contributed by atoms with Gasteiger partial charge in [-0.15, -0.1) is 0 Å². The van der Waals surface area contributed by atoms with Gasteiger partial charge in [-0.1, -0.05) is 54.6 Å². The van der Waals surface area contributed by atoms with E-state index in [1.54, 1.807) is 4.68 Å². The molecule has 1 amide bonds. The molecule has 4 nitrogen and oxygen atoms in total. The molecule has 150 valence electrons. The van der Waals surface area contributed by atoms with E-state index < -0.39 is 0 Å². The van der Waals surface area contributed by atoms with Gasteiger partial charge in [-0.2, -0.15) is 5.10 Å². The zero-order chi connectivity index (χ0) is 21.1. The second-order valence-electron chi connectivity index (χ2n) is 7.63. The summed E-state index contributed by atoms with van der Waals surface area (Å²) in [5.74, 6) is -0.150. The van der Waals surface area contributed by atoms with Crippen LogP contribution in [0.5, 0.6) is 0 Å². The van der Waals surface area contributed by atoms with Crippen LogP contribution >= 0.6 is 0 Å². The van der Waals surface area contributed by atoms with Gasteiger partial charge in [0.2, 0.25) is 0 Å². The normalized spacial score (nSPS) is 10.8. The Morgan fingerprint density at radius 3 is 2.40 bits per heavy atom. The van der Waals surface area contributed by atoms with Crippen molar-refractivity contribution in [3.63, 3.8) is 0 Å². The summed E-state index contributed by atoms with van der Waals surface area (Å²) in [6.45, 7) is 6.68. The lowest BCUT2D eigenvalue weighted by Gasteiger charge is -2.09. The van der Waals surface area contributed by atoms with Crippen molar-refractivity contribution in [3.05, 3.63) is 107 Å². The predicted octanol–water partition coefficient (Wildman–Crippen LogP) is 5.39. The minimum Gasteiger partial charge on any atom is -0.347 e. The van der Waals surface area contributed by atoms with E-state index in [9.17, 15) is 4.79 Å². The molecule has 0 radical (unpaired) electrons. The van der Waals surface area contributed by atoms with Gasteiger partial charge in [0.05, 0.1) is 11.4 Å². The van der Waals surface area contributed by atoms with E-state index in [4.69, 9.17) is 5.10 Å². The number of aryl methyl sites for hydroxylation is 3. The molecule has 4 aromatic rings. The molecule has 0 spiro atoms. The molecule has 1 heterocycles. The number of benzene rings is 3. The van der Waals surface area contributed by atoms with Crippen LogP contribution in [0.25, 0.3) is 16.9 Å². The molecule has 0 aliphatic carbocycles. The maximum atomic E-state index is 13.1. The average molecular weight is 396 g/mol. The second-order valence-corrected chi connectivity index (χ2v) is 7.63. The summed E-state index contributed by atoms with van der Waals surface area (Å²) >= 11 is 0. The Morgan fingerprint density at radius 1 is 0.867 bits per heavy atom. The maximum absolute atomic E-state index is 13.1. The molecule has 0 atom stereocenters. The smallest absolute Gasteiger partial charge is 0.270 e. The Morgan fingerprint density at radius 2 is 1.67 bits per heavy atom. The van der Waals surface area contributed by atoms with E-state index in [1.165, 1.54) is 11.1 Å². The van der Waals surface area contributed by atoms with Crippen molar-refractivity contribution in [2.45, 2.75) is 27.3 Å². The number of amides is 1. The van der Waals surface area contributed by atoms with Gasteiger partial charge < -0.3 is 5.32 Å². The maximum Gasteiger partial charge on any atom is 0.270 e. The third-order valence-corrected chi connectivity index (χ3v) is 5.29. The molecule has 0 aliphatic rings. The van der Waals surface area contributed by atoms with Gasteiger partial charge >= 0.3 is 0 Å². The lowest BCUT2D eigenvalue weighted by molar-refractivity contribution is 0.0943. The molecule has 0 fully saturated rings. The first-order valence-corrected chi connectivity index (χ1v) is 10.1. The van der Waals surface area contributed by atoms with Gasteiger partial charge in [0.1, 0.15) is 5.69 Å². The molecule has 0 saturated heterocycles. The lowest BCUT2D eigenvalue weighted by atomic mass is 10.0. The van der Waals surface area contributed by atoms with Crippen LogP contribution in [-0.4, -0.2) is 15.7 Å². The van der Waals surface area contributed by atoms with Crippen LogP contribution in [0, 0.1) is 20.8 Å². The fourth-order valence-corrected chi connectivity index (χ4v) is 3.41. The van der Waals surface area contributed by atoms with Crippen molar-refractivity contribution in [1.29, 1.82) is 0 Å². The van der Waals surface area contributed by atoms with Crippen molar-refractivity contribution in [3.8, 4) is 16.9 Å². The van der Waals surface area contributed by atoms with Gasteiger partial charge in [0, 0.05) is 12.1 Å². The monoisotopic (exact) mass is 395 g/mol. The molecule has 30 heavy (non-hydrogen) atoms.